The highest BCUT2D eigenvalue weighted by Crippen LogP contribution is 2.14. The van der Waals surface area contributed by atoms with Gasteiger partial charge in [0.05, 0.1) is 0 Å². The van der Waals surface area contributed by atoms with E-state index in [2.05, 4.69) is 5.32 Å². The van der Waals surface area contributed by atoms with Crippen LogP contribution in [-0.2, 0) is 16.1 Å². The quantitative estimate of drug-likeness (QED) is 0.736. The summed E-state index contributed by atoms with van der Waals surface area (Å²) in [5.74, 6) is -0.615. The van der Waals surface area contributed by atoms with E-state index in [0.717, 1.165) is 13.0 Å². The minimum absolute atomic E-state index is 0.0575. The van der Waals surface area contributed by atoms with E-state index >= 15 is 0 Å². The van der Waals surface area contributed by atoms with Crippen LogP contribution in [0.4, 0.5) is 0 Å². The smallest absolute Gasteiger partial charge is 0.339 e. The van der Waals surface area contributed by atoms with E-state index in [9.17, 15) is 9.90 Å². The van der Waals surface area contributed by atoms with Crippen molar-refractivity contribution in [2.24, 2.45) is 0 Å². The number of carbonyl (C=O) groups is 1. The Balaban J connectivity index is 1.79. The molecule has 122 valence electrons. The molecule has 0 aromatic heterocycles. The summed E-state index contributed by atoms with van der Waals surface area (Å²) in [5.41, 5.74) is 1.73. The van der Waals surface area contributed by atoms with Crippen molar-refractivity contribution in [3.63, 3.8) is 0 Å². The van der Waals surface area contributed by atoms with Crippen molar-refractivity contribution >= 4 is 5.97 Å². The molecule has 2 aromatic carbocycles. The van der Waals surface area contributed by atoms with Gasteiger partial charge in [0.2, 0.25) is 0 Å². The Hall–Kier alpha value is -2.17. The topological polar surface area (TPSA) is 58.6 Å². The van der Waals surface area contributed by atoms with Gasteiger partial charge in [0.1, 0.15) is 6.61 Å². The number of aliphatic hydroxyl groups is 1. The second-order valence-corrected chi connectivity index (χ2v) is 5.41. The molecule has 2 N–H and O–H groups in total. The number of carbonyl (C=O) groups excluding carboxylic acids is 1. The van der Waals surface area contributed by atoms with Crippen LogP contribution in [0.1, 0.15) is 30.6 Å². The molecule has 0 amide bonds. The molecule has 0 aliphatic carbocycles. The number of esters is 1. The second kappa shape index (κ2) is 9.08. The lowest BCUT2D eigenvalue weighted by molar-refractivity contribution is -0.154. The monoisotopic (exact) mass is 313 g/mol. The van der Waals surface area contributed by atoms with Gasteiger partial charge in [-0.3, -0.25) is 0 Å². The van der Waals surface area contributed by atoms with Crippen LogP contribution in [0.2, 0.25) is 0 Å². The molecule has 4 heteroatoms. The normalized spacial score (nSPS) is 13.3. The van der Waals surface area contributed by atoms with Crippen molar-refractivity contribution in [3.05, 3.63) is 71.8 Å². The predicted octanol–water partition coefficient (Wildman–Crippen LogP) is 2.83. The largest absolute Gasteiger partial charge is 0.462 e. The number of benzene rings is 2. The summed E-state index contributed by atoms with van der Waals surface area (Å²) in [6.45, 7) is 2.99. The number of rotatable bonds is 8. The minimum Gasteiger partial charge on any atom is -0.462 e. The van der Waals surface area contributed by atoms with Crippen LogP contribution in [0.3, 0.4) is 0 Å². The highest BCUT2D eigenvalue weighted by Gasteiger charge is 2.19. The van der Waals surface area contributed by atoms with Crippen LogP contribution in [0, 0.1) is 0 Å². The number of hydrogen-bond donors (Lipinski definition) is 2. The molecular weight excluding hydrogens is 290 g/mol. The molecule has 0 heterocycles. The Labute approximate surface area is 137 Å². The maximum atomic E-state index is 11.9. The average molecular weight is 313 g/mol. The van der Waals surface area contributed by atoms with Gasteiger partial charge >= 0.3 is 5.97 Å². The van der Waals surface area contributed by atoms with E-state index < -0.39 is 12.1 Å². The average Bonchev–Trinajstić information content (AvgIpc) is 2.62. The van der Waals surface area contributed by atoms with Crippen LogP contribution >= 0.6 is 0 Å². The van der Waals surface area contributed by atoms with E-state index in [1.165, 1.54) is 5.56 Å². The van der Waals surface area contributed by atoms with Gasteiger partial charge in [0, 0.05) is 12.6 Å². The van der Waals surface area contributed by atoms with Crippen LogP contribution in [0.15, 0.2) is 60.7 Å². The lowest BCUT2D eigenvalue weighted by atomic mass is 10.1. The maximum Gasteiger partial charge on any atom is 0.339 e. The molecule has 0 spiro atoms. The molecule has 23 heavy (non-hydrogen) atoms. The van der Waals surface area contributed by atoms with Crippen molar-refractivity contribution in [1.82, 2.24) is 5.32 Å². The number of nitrogens with one attached hydrogen (secondary N) is 1. The lowest BCUT2D eigenvalue weighted by Gasteiger charge is -2.18. The fourth-order valence-corrected chi connectivity index (χ4v) is 2.21. The molecule has 2 aromatic rings. The van der Waals surface area contributed by atoms with Crippen LogP contribution in [0.5, 0.6) is 0 Å². The predicted molar refractivity (Wildman–Crippen MR) is 89.7 cm³/mol. The molecule has 2 rings (SSSR count). The SMILES string of the molecule is CCC(COC(=O)C(O)c1ccccc1)NCc1ccccc1. The Morgan fingerprint density at radius 3 is 2.30 bits per heavy atom. The second-order valence-electron chi connectivity index (χ2n) is 5.41. The molecule has 2 unspecified atom stereocenters. The molecule has 0 aliphatic rings. The summed E-state index contributed by atoms with van der Waals surface area (Å²) >= 11 is 0. The summed E-state index contributed by atoms with van der Waals surface area (Å²) in [5, 5.41) is 13.3. The Bertz CT molecular complexity index is 586. The molecule has 0 aliphatic heterocycles. The number of aliphatic hydroxyl groups excluding tert-OH is 1. The van der Waals surface area contributed by atoms with Gasteiger partial charge < -0.3 is 15.2 Å². The van der Waals surface area contributed by atoms with Crippen LogP contribution in [0.25, 0.3) is 0 Å². The van der Waals surface area contributed by atoms with Crippen molar-refractivity contribution in [1.29, 1.82) is 0 Å². The maximum absolute atomic E-state index is 11.9. The highest BCUT2D eigenvalue weighted by molar-refractivity contribution is 5.76. The van der Waals surface area contributed by atoms with Gasteiger partial charge in [-0.1, -0.05) is 67.6 Å². The first-order valence-electron chi connectivity index (χ1n) is 7.87. The zero-order chi connectivity index (χ0) is 16.5. The fourth-order valence-electron chi connectivity index (χ4n) is 2.21. The summed E-state index contributed by atoms with van der Waals surface area (Å²) in [6, 6.07) is 18.9. The van der Waals surface area contributed by atoms with Gasteiger partial charge in [0.15, 0.2) is 6.10 Å². The van der Waals surface area contributed by atoms with E-state index in [0.29, 0.717) is 5.56 Å². The highest BCUT2D eigenvalue weighted by atomic mass is 16.5. The third-order valence-corrected chi connectivity index (χ3v) is 3.70. The third-order valence-electron chi connectivity index (χ3n) is 3.70. The van der Waals surface area contributed by atoms with E-state index in [1.807, 2.05) is 43.3 Å². The summed E-state index contributed by atoms with van der Waals surface area (Å²) in [6.07, 6.45) is -0.399. The van der Waals surface area contributed by atoms with Gasteiger partial charge in [-0.2, -0.15) is 0 Å². The van der Waals surface area contributed by atoms with Gasteiger partial charge in [-0.15, -0.1) is 0 Å². The molecule has 0 saturated carbocycles. The van der Waals surface area contributed by atoms with E-state index in [-0.39, 0.29) is 12.6 Å². The molecule has 0 fully saturated rings. The molecule has 4 nitrogen and oxygen atoms in total. The summed E-state index contributed by atoms with van der Waals surface area (Å²) in [7, 11) is 0. The Morgan fingerprint density at radius 2 is 1.70 bits per heavy atom. The zero-order valence-corrected chi connectivity index (χ0v) is 13.3. The van der Waals surface area contributed by atoms with Crippen molar-refractivity contribution < 1.29 is 14.6 Å². The lowest BCUT2D eigenvalue weighted by Crippen LogP contribution is -2.34. The Kier molecular flexibility index (Phi) is 6.78. The minimum atomic E-state index is -1.23. The molecule has 0 saturated heterocycles. The first-order chi connectivity index (χ1) is 11.2. The third kappa shape index (κ3) is 5.51. The van der Waals surface area contributed by atoms with E-state index in [4.69, 9.17) is 4.74 Å². The van der Waals surface area contributed by atoms with Crippen LogP contribution in [-0.4, -0.2) is 23.7 Å². The standard InChI is InChI=1S/C19H23NO3/c1-2-17(20-13-15-9-5-3-6-10-15)14-23-19(22)18(21)16-11-7-4-8-12-16/h3-12,17-18,20-21H,2,13-14H2,1H3. The fraction of sp³-hybridized carbons (Fsp3) is 0.316. The number of hydrogen-bond acceptors (Lipinski definition) is 4. The van der Waals surface area contributed by atoms with Crippen molar-refractivity contribution in [3.8, 4) is 0 Å². The van der Waals surface area contributed by atoms with Crippen molar-refractivity contribution in [2.45, 2.75) is 32.0 Å². The molecule has 0 radical (unpaired) electrons. The molecule has 2 atom stereocenters. The molecular formula is C19H23NO3. The Morgan fingerprint density at radius 1 is 1.09 bits per heavy atom. The summed E-state index contributed by atoms with van der Waals surface area (Å²) < 4.78 is 5.25. The first-order valence-corrected chi connectivity index (χ1v) is 7.87. The molecule has 0 bridgehead atoms. The van der Waals surface area contributed by atoms with Crippen molar-refractivity contribution in [2.75, 3.05) is 6.61 Å². The summed E-state index contributed by atoms with van der Waals surface area (Å²) in [4.78, 5) is 11.9. The number of ether oxygens (including phenoxy) is 1. The van der Waals surface area contributed by atoms with Crippen LogP contribution < -0.4 is 5.32 Å². The van der Waals surface area contributed by atoms with Gasteiger partial charge in [-0.05, 0) is 17.5 Å². The van der Waals surface area contributed by atoms with Gasteiger partial charge in [-0.25, -0.2) is 4.79 Å². The van der Waals surface area contributed by atoms with E-state index in [1.54, 1.807) is 24.3 Å². The van der Waals surface area contributed by atoms with Gasteiger partial charge in [0.25, 0.3) is 0 Å². The zero-order valence-electron chi connectivity index (χ0n) is 13.3. The first kappa shape index (κ1) is 17.2.